The average molecular weight is 809 g/mol. The van der Waals surface area contributed by atoms with E-state index in [1.165, 1.54) is 6.92 Å². The quantitative estimate of drug-likeness (QED) is 0.117. The van der Waals surface area contributed by atoms with Gasteiger partial charge in [0.1, 0.15) is 36.6 Å². The minimum absolute atomic E-state index is 0.0984. The Bertz CT molecular complexity index is 1580. The van der Waals surface area contributed by atoms with Crippen molar-refractivity contribution in [3.05, 3.63) is 11.6 Å². The molecule has 2 aliphatic heterocycles. The zero-order valence-electron chi connectivity index (χ0n) is 34.9. The lowest BCUT2D eigenvalue weighted by atomic mass is 9.33. The van der Waals surface area contributed by atoms with E-state index in [0.717, 1.165) is 31.3 Å². The van der Waals surface area contributed by atoms with E-state index in [1.54, 1.807) is 0 Å². The van der Waals surface area contributed by atoms with E-state index >= 15 is 0 Å². The molecule has 57 heavy (non-hydrogen) atoms. The molecule has 0 unspecified atom stereocenters. The van der Waals surface area contributed by atoms with Crippen LogP contribution < -0.4 is 0 Å². The molecule has 7 N–H and O–H groups in total. The summed E-state index contributed by atoms with van der Waals surface area (Å²) in [4.78, 5) is 26.6. The van der Waals surface area contributed by atoms with Crippen LogP contribution in [0.15, 0.2) is 11.6 Å². The summed E-state index contributed by atoms with van der Waals surface area (Å²) >= 11 is 0. The number of carbonyl (C=O) groups is 2. The predicted octanol–water partition coefficient (Wildman–Crippen LogP) is 2.50. The fourth-order valence-electron chi connectivity index (χ4n) is 13.8. The van der Waals surface area contributed by atoms with Crippen LogP contribution in [-0.2, 0) is 33.3 Å². The number of hydrogen-bond acceptors (Lipinski definition) is 14. The van der Waals surface area contributed by atoms with Crippen LogP contribution in [0.3, 0.4) is 0 Å². The Labute approximate surface area is 336 Å². The van der Waals surface area contributed by atoms with Crippen molar-refractivity contribution >= 4 is 11.9 Å². The topological polar surface area (TPSA) is 222 Å². The van der Waals surface area contributed by atoms with Gasteiger partial charge in [-0.05, 0) is 104 Å². The number of rotatable bonds is 6. The lowest BCUT2D eigenvalue weighted by Crippen LogP contribution is -2.68. The zero-order chi connectivity index (χ0) is 41.8. The van der Waals surface area contributed by atoms with E-state index in [9.17, 15) is 45.3 Å². The maximum Gasteiger partial charge on any atom is 0.315 e. The van der Waals surface area contributed by atoms with Crippen molar-refractivity contribution in [3.8, 4) is 0 Å². The molecule has 2 heterocycles. The van der Waals surface area contributed by atoms with Crippen LogP contribution in [0.2, 0.25) is 0 Å². The fraction of sp³-hybridized carbons (Fsp3) is 0.907. The van der Waals surface area contributed by atoms with Crippen molar-refractivity contribution in [2.45, 2.75) is 180 Å². The molecule has 0 amide bonds. The number of hydrogen-bond donors (Lipinski definition) is 7. The van der Waals surface area contributed by atoms with Crippen molar-refractivity contribution < 1.29 is 69.0 Å². The number of aliphatic hydroxyl groups is 7. The SMILES string of the molecule is CC(=O)O[C@H]1[C@H](O[C@H]2CC[C@]3(C)[C@H]4CC=C5[C@H]6[C@](C(=O)O[C@@H]7O[C@H](CO)[C@@H](O)[C@H](O)[C@H]7O)(CC[C@H](C)[C@@]6(C)O)CC[C@@]5(C)[C@]4(C)CC[C@H]3C2(C)C)OC[C@H](O)[C@@H]1O. The van der Waals surface area contributed by atoms with Crippen LogP contribution in [0.5, 0.6) is 0 Å². The third-order valence-corrected chi connectivity index (χ3v) is 17.5. The van der Waals surface area contributed by atoms with Gasteiger partial charge in [-0.15, -0.1) is 0 Å². The van der Waals surface area contributed by atoms with Gasteiger partial charge in [0, 0.05) is 12.8 Å². The summed E-state index contributed by atoms with van der Waals surface area (Å²) in [5.41, 5.74) is -2.30. The third-order valence-electron chi connectivity index (χ3n) is 17.5. The first-order chi connectivity index (χ1) is 26.5. The van der Waals surface area contributed by atoms with Gasteiger partial charge in [-0.25, -0.2) is 0 Å². The molecule has 19 atom stereocenters. The number of fused-ring (bicyclic) bond motifs is 7. The summed E-state index contributed by atoms with van der Waals surface area (Å²) in [7, 11) is 0. The Balaban J connectivity index is 1.18. The van der Waals surface area contributed by atoms with Crippen LogP contribution in [0.4, 0.5) is 0 Å². The van der Waals surface area contributed by atoms with Gasteiger partial charge in [0.25, 0.3) is 0 Å². The Morgan fingerprint density at radius 3 is 2.19 bits per heavy atom. The van der Waals surface area contributed by atoms with Crippen LogP contribution in [-0.4, -0.2) is 128 Å². The van der Waals surface area contributed by atoms with Crippen LogP contribution in [0.25, 0.3) is 0 Å². The Hall–Kier alpha value is -1.72. The van der Waals surface area contributed by atoms with Gasteiger partial charge in [0.2, 0.25) is 6.29 Å². The summed E-state index contributed by atoms with van der Waals surface area (Å²) in [6, 6.07) is 0. The first-order valence-electron chi connectivity index (χ1n) is 21.3. The Kier molecular flexibility index (Phi) is 11.2. The van der Waals surface area contributed by atoms with Crippen molar-refractivity contribution in [3.63, 3.8) is 0 Å². The highest BCUT2D eigenvalue weighted by molar-refractivity contribution is 5.79. The fourth-order valence-corrected chi connectivity index (χ4v) is 13.8. The second-order valence-electron chi connectivity index (χ2n) is 20.5. The van der Waals surface area contributed by atoms with Crippen molar-refractivity contribution in [1.29, 1.82) is 0 Å². The molecule has 0 aromatic heterocycles. The molecule has 2 saturated heterocycles. The predicted molar refractivity (Wildman–Crippen MR) is 202 cm³/mol. The molecule has 0 aromatic rings. The molecule has 324 valence electrons. The molecular weight excluding hydrogens is 740 g/mol. The van der Waals surface area contributed by atoms with Crippen molar-refractivity contribution in [2.75, 3.05) is 13.2 Å². The maximum absolute atomic E-state index is 14.6. The molecular formula is C43H68O14. The molecule has 4 saturated carbocycles. The smallest absolute Gasteiger partial charge is 0.315 e. The third kappa shape index (κ3) is 6.40. The summed E-state index contributed by atoms with van der Waals surface area (Å²) in [5.74, 6) is -1.39. The molecule has 0 aromatic carbocycles. The first-order valence-corrected chi connectivity index (χ1v) is 21.3. The van der Waals surface area contributed by atoms with Crippen LogP contribution >= 0.6 is 0 Å². The lowest BCUT2D eigenvalue weighted by molar-refractivity contribution is -0.310. The molecule has 0 radical (unpaired) electrons. The van der Waals surface area contributed by atoms with Crippen LogP contribution in [0, 0.1) is 50.7 Å². The number of carbonyl (C=O) groups excluding carboxylic acids is 2. The molecule has 5 aliphatic carbocycles. The van der Waals surface area contributed by atoms with E-state index in [0.29, 0.717) is 32.1 Å². The Morgan fingerprint density at radius 1 is 0.825 bits per heavy atom. The van der Waals surface area contributed by atoms with Crippen LogP contribution in [0.1, 0.15) is 113 Å². The first kappa shape index (κ1) is 43.4. The van der Waals surface area contributed by atoms with Crippen molar-refractivity contribution in [2.24, 2.45) is 50.7 Å². The maximum atomic E-state index is 14.6. The highest BCUT2D eigenvalue weighted by Crippen LogP contribution is 2.76. The van der Waals surface area contributed by atoms with Gasteiger partial charge < -0.3 is 59.4 Å². The van der Waals surface area contributed by atoms with E-state index in [-0.39, 0.29) is 52.1 Å². The van der Waals surface area contributed by atoms with E-state index < -0.39 is 90.8 Å². The van der Waals surface area contributed by atoms with E-state index in [2.05, 4.69) is 40.7 Å². The van der Waals surface area contributed by atoms with Gasteiger partial charge >= 0.3 is 11.9 Å². The second kappa shape index (κ2) is 14.7. The summed E-state index contributed by atoms with van der Waals surface area (Å²) in [5, 5.41) is 75.0. The molecule has 7 aliphatic rings. The molecule has 14 nitrogen and oxygen atoms in total. The number of ether oxygens (including phenoxy) is 5. The summed E-state index contributed by atoms with van der Waals surface area (Å²) < 4.78 is 29.4. The monoisotopic (exact) mass is 808 g/mol. The van der Waals surface area contributed by atoms with Gasteiger partial charge in [-0.2, -0.15) is 0 Å². The second-order valence-corrected chi connectivity index (χ2v) is 20.5. The number of allylic oxidation sites excluding steroid dienone is 1. The Morgan fingerprint density at radius 2 is 1.53 bits per heavy atom. The summed E-state index contributed by atoms with van der Waals surface area (Å²) in [6.45, 7) is 16.0. The number of esters is 2. The highest BCUT2D eigenvalue weighted by atomic mass is 16.7. The van der Waals surface area contributed by atoms with Gasteiger partial charge in [-0.3, -0.25) is 9.59 Å². The van der Waals surface area contributed by atoms with Crippen molar-refractivity contribution in [1.82, 2.24) is 0 Å². The van der Waals surface area contributed by atoms with Gasteiger partial charge in [-0.1, -0.05) is 53.2 Å². The standard InChI is InChI=1S/C43H68O14/c1-21-11-16-43(37(51)57-35-32(50)31(49)30(48)25(19-44)55-35)18-17-40(6)23(34(43)42(21,8)52)9-10-27-39(5)14-13-28(38(3,4)26(39)12-15-41(27,40)7)56-36-33(54-22(2)45)29(47)24(46)20-53-36/h9,21,24-36,44,46-50,52H,10-20H2,1-8H3/t21-,24-,25+,26-,27+,28-,29-,30+,31-,32+,33+,34+,35-,36-,39-,40+,41+,42+,43-/m0/s1. The van der Waals surface area contributed by atoms with E-state index in [4.69, 9.17) is 23.7 Å². The molecule has 14 heteroatoms. The van der Waals surface area contributed by atoms with Gasteiger partial charge in [0.05, 0.1) is 30.3 Å². The van der Waals surface area contributed by atoms with E-state index in [1.807, 2.05) is 13.8 Å². The summed E-state index contributed by atoms with van der Waals surface area (Å²) in [6.07, 6.45) is -4.12. The molecule has 7 rings (SSSR count). The average Bonchev–Trinajstić information content (AvgIpc) is 3.14. The highest BCUT2D eigenvalue weighted by Gasteiger charge is 2.72. The normalized spacial score (nSPS) is 53.2. The number of aliphatic hydroxyl groups excluding tert-OH is 6. The lowest BCUT2D eigenvalue weighted by Gasteiger charge is -2.72. The van der Waals surface area contributed by atoms with Gasteiger partial charge in [0.15, 0.2) is 12.4 Å². The molecule has 0 spiro atoms. The largest absolute Gasteiger partial charge is 0.454 e. The zero-order valence-corrected chi connectivity index (χ0v) is 34.9. The molecule has 0 bridgehead atoms. The minimum Gasteiger partial charge on any atom is -0.454 e. The minimum atomic E-state index is -1.72. The molecule has 6 fully saturated rings.